The minimum absolute atomic E-state index is 0.0723. The van der Waals surface area contributed by atoms with Crippen LogP contribution < -0.4 is 5.32 Å². The number of carbonyl (C=O) groups excluding carboxylic acids is 1. The van der Waals surface area contributed by atoms with Crippen LogP contribution in [0.1, 0.15) is 38.2 Å². The molecule has 0 aromatic heterocycles. The molecule has 2 saturated carbocycles. The molecule has 0 saturated heterocycles. The number of halogens is 1. The molecule has 4 nitrogen and oxygen atoms in total. The van der Waals surface area contributed by atoms with Crippen molar-refractivity contribution in [2.75, 3.05) is 13.1 Å². The van der Waals surface area contributed by atoms with Gasteiger partial charge in [0.1, 0.15) is 11.4 Å². The van der Waals surface area contributed by atoms with E-state index in [1.807, 2.05) is 6.92 Å². The summed E-state index contributed by atoms with van der Waals surface area (Å²) in [7, 11) is 0. The van der Waals surface area contributed by atoms with Gasteiger partial charge in [-0.3, -0.25) is 9.69 Å². The molecule has 1 atom stereocenters. The van der Waals surface area contributed by atoms with E-state index in [1.54, 1.807) is 12.1 Å². The Kier molecular flexibility index (Phi) is 4.86. The third-order valence-corrected chi connectivity index (χ3v) is 5.04. The molecule has 24 heavy (non-hydrogen) atoms. The molecule has 1 unspecified atom stereocenters. The summed E-state index contributed by atoms with van der Waals surface area (Å²) in [5.74, 6) is -0.00922. The number of carbonyl (C=O) groups is 1. The highest BCUT2D eigenvalue weighted by Crippen LogP contribution is 2.39. The summed E-state index contributed by atoms with van der Waals surface area (Å²) in [6.07, 6.45) is 5.06. The van der Waals surface area contributed by atoms with E-state index in [9.17, 15) is 14.4 Å². The second-order valence-electron chi connectivity index (χ2n) is 7.21. The van der Waals surface area contributed by atoms with Crippen molar-refractivity contribution in [1.82, 2.24) is 10.2 Å². The third kappa shape index (κ3) is 4.33. The molecule has 5 heteroatoms. The average Bonchev–Trinajstić information content (AvgIpc) is 3.44. The first-order valence-electron chi connectivity index (χ1n) is 8.71. The summed E-state index contributed by atoms with van der Waals surface area (Å²) >= 11 is 0. The van der Waals surface area contributed by atoms with Crippen molar-refractivity contribution in [2.45, 2.75) is 50.6 Å². The standard InChI is InChI=1S/C19H24FN3O/c1-19(13-21,15-4-5-15)22-18(24)12-23(17-8-9-17)11-10-14-2-6-16(20)7-3-14/h2-3,6-7,15,17H,4-5,8-12H2,1H3,(H,22,24). The number of nitriles is 1. The van der Waals surface area contributed by atoms with Gasteiger partial charge in [0.05, 0.1) is 12.6 Å². The normalized spacial score (nSPS) is 19.6. The quantitative estimate of drug-likeness (QED) is 0.798. The topological polar surface area (TPSA) is 56.1 Å². The second-order valence-corrected chi connectivity index (χ2v) is 7.21. The van der Waals surface area contributed by atoms with Gasteiger partial charge in [-0.2, -0.15) is 5.26 Å². The molecule has 0 heterocycles. The van der Waals surface area contributed by atoms with Crippen LogP contribution in [0.3, 0.4) is 0 Å². The fourth-order valence-corrected chi connectivity index (χ4v) is 3.15. The first-order valence-corrected chi connectivity index (χ1v) is 8.71. The van der Waals surface area contributed by atoms with Gasteiger partial charge in [0, 0.05) is 12.6 Å². The summed E-state index contributed by atoms with van der Waals surface area (Å²) in [6, 6.07) is 9.25. The van der Waals surface area contributed by atoms with Crippen molar-refractivity contribution < 1.29 is 9.18 Å². The molecule has 0 radical (unpaired) electrons. The van der Waals surface area contributed by atoms with E-state index in [-0.39, 0.29) is 11.7 Å². The van der Waals surface area contributed by atoms with Gasteiger partial charge >= 0.3 is 0 Å². The number of amides is 1. The van der Waals surface area contributed by atoms with Gasteiger partial charge in [-0.05, 0) is 62.6 Å². The molecular weight excluding hydrogens is 305 g/mol. The van der Waals surface area contributed by atoms with E-state index in [2.05, 4.69) is 16.3 Å². The number of benzene rings is 1. The Morgan fingerprint density at radius 3 is 2.54 bits per heavy atom. The first kappa shape index (κ1) is 16.9. The van der Waals surface area contributed by atoms with Gasteiger partial charge in [-0.1, -0.05) is 12.1 Å². The predicted octanol–water partition coefficient (Wildman–Crippen LogP) is 2.64. The molecule has 1 amide bonds. The van der Waals surface area contributed by atoms with E-state index in [1.165, 1.54) is 12.1 Å². The molecule has 0 aliphatic heterocycles. The Hall–Kier alpha value is -1.93. The highest BCUT2D eigenvalue weighted by Gasteiger charge is 2.43. The molecule has 2 aliphatic rings. The molecule has 128 valence electrons. The SMILES string of the molecule is CC(C#N)(NC(=O)CN(CCc1ccc(F)cc1)C1CC1)C1CC1. The molecule has 2 fully saturated rings. The maximum Gasteiger partial charge on any atom is 0.235 e. The predicted molar refractivity (Wildman–Crippen MR) is 89.6 cm³/mol. The zero-order valence-electron chi connectivity index (χ0n) is 14.1. The van der Waals surface area contributed by atoms with Gasteiger partial charge in [0.15, 0.2) is 0 Å². The highest BCUT2D eigenvalue weighted by molar-refractivity contribution is 5.79. The monoisotopic (exact) mass is 329 g/mol. The Bertz CT molecular complexity index is 631. The molecule has 1 aromatic rings. The van der Waals surface area contributed by atoms with Crippen LogP contribution in [-0.4, -0.2) is 35.5 Å². The van der Waals surface area contributed by atoms with Crippen molar-refractivity contribution in [2.24, 2.45) is 5.92 Å². The summed E-state index contributed by atoms with van der Waals surface area (Å²) < 4.78 is 13.0. The first-order chi connectivity index (χ1) is 11.5. The maximum absolute atomic E-state index is 13.0. The molecule has 3 rings (SSSR count). The Balaban J connectivity index is 1.53. The van der Waals surface area contributed by atoms with Crippen molar-refractivity contribution in [3.63, 3.8) is 0 Å². The molecular formula is C19H24FN3O. The molecule has 2 aliphatic carbocycles. The molecule has 0 bridgehead atoms. The Morgan fingerprint density at radius 1 is 1.33 bits per heavy atom. The van der Waals surface area contributed by atoms with Gasteiger partial charge in [-0.25, -0.2) is 4.39 Å². The lowest BCUT2D eigenvalue weighted by molar-refractivity contribution is -0.123. The van der Waals surface area contributed by atoms with Crippen LogP contribution in [0, 0.1) is 23.1 Å². The van der Waals surface area contributed by atoms with Crippen LogP contribution in [-0.2, 0) is 11.2 Å². The fourth-order valence-electron chi connectivity index (χ4n) is 3.15. The second kappa shape index (κ2) is 6.90. The van der Waals surface area contributed by atoms with Crippen molar-refractivity contribution in [3.05, 3.63) is 35.6 Å². The summed E-state index contributed by atoms with van der Waals surface area (Å²) in [5.41, 5.74) is 0.339. The van der Waals surface area contributed by atoms with Crippen molar-refractivity contribution in [3.8, 4) is 6.07 Å². The van der Waals surface area contributed by atoms with E-state index < -0.39 is 5.54 Å². The number of hydrogen-bond donors (Lipinski definition) is 1. The summed E-state index contributed by atoms with van der Waals surface area (Å²) in [6.45, 7) is 2.93. The molecule has 1 N–H and O–H groups in total. The van der Waals surface area contributed by atoms with Gasteiger partial charge in [0.2, 0.25) is 5.91 Å². The molecule has 1 aromatic carbocycles. The third-order valence-electron chi connectivity index (χ3n) is 5.04. The van der Waals surface area contributed by atoms with Gasteiger partial charge in [-0.15, -0.1) is 0 Å². The van der Waals surface area contributed by atoms with E-state index >= 15 is 0 Å². The number of nitrogens with one attached hydrogen (secondary N) is 1. The van der Waals surface area contributed by atoms with Crippen molar-refractivity contribution in [1.29, 1.82) is 5.26 Å². The largest absolute Gasteiger partial charge is 0.337 e. The Morgan fingerprint density at radius 2 is 2.00 bits per heavy atom. The maximum atomic E-state index is 13.0. The minimum Gasteiger partial charge on any atom is -0.337 e. The van der Waals surface area contributed by atoms with Crippen LogP contribution in [0.15, 0.2) is 24.3 Å². The van der Waals surface area contributed by atoms with Crippen LogP contribution in [0.25, 0.3) is 0 Å². The minimum atomic E-state index is -0.733. The lowest BCUT2D eigenvalue weighted by atomic mass is 9.98. The lowest BCUT2D eigenvalue weighted by Crippen LogP contribution is -2.50. The number of hydrogen-bond acceptors (Lipinski definition) is 3. The van der Waals surface area contributed by atoms with E-state index in [0.717, 1.165) is 44.2 Å². The van der Waals surface area contributed by atoms with Crippen LogP contribution in [0.2, 0.25) is 0 Å². The lowest BCUT2D eigenvalue weighted by Gasteiger charge is -2.26. The van der Waals surface area contributed by atoms with Crippen LogP contribution in [0.5, 0.6) is 0 Å². The van der Waals surface area contributed by atoms with E-state index in [0.29, 0.717) is 18.5 Å². The fraction of sp³-hybridized carbons (Fsp3) is 0.579. The van der Waals surface area contributed by atoms with Crippen LogP contribution >= 0.6 is 0 Å². The van der Waals surface area contributed by atoms with Crippen LogP contribution in [0.4, 0.5) is 4.39 Å². The van der Waals surface area contributed by atoms with Crippen molar-refractivity contribution >= 4 is 5.91 Å². The molecule has 0 spiro atoms. The zero-order valence-corrected chi connectivity index (χ0v) is 14.1. The Labute approximate surface area is 142 Å². The highest BCUT2D eigenvalue weighted by atomic mass is 19.1. The smallest absolute Gasteiger partial charge is 0.235 e. The van der Waals surface area contributed by atoms with Gasteiger partial charge in [0.25, 0.3) is 0 Å². The summed E-state index contributed by atoms with van der Waals surface area (Å²) in [5, 5.41) is 12.3. The summed E-state index contributed by atoms with van der Waals surface area (Å²) in [4.78, 5) is 14.6. The van der Waals surface area contributed by atoms with E-state index in [4.69, 9.17) is 0 Å². The number of rotatable bonds is 8. The number of nitrogens with zero attached hydrogens (tertiary/aromatic N) is 2. The average molecular weight is 329 g/mol. The zero-order chi connectivity index (χ0) is 17.2. The van der Waals surface area contributed by atoms with Gasteiger partial charge < -0.3 is 5.32 Å².